The summed E-state index contributed by atoms with van der Waals surface area (Å²) in [6.45, 7) is 3.75. The molecule has 1 atom stereocenters. The summed E-state index contributed by atoms with van der Waals surface area (Å²) in [6.07, 6.45) is 1.43. The fourth-order valence-electron chi connectivity index (χ4n) is 1.05. The van der Waals surface area contributed by atoms with Gasteiger partial charge in [0.15, 0.2) is 5.78 Å². The SMILES string of the molecule is CCCC(NC(=O)OC)C(=O)CC. The van der Waals surface area contributed by atoms with Crippen LogP contribution in [0.3, 0.4) is 0 Å². The molecule has 0 spiro atoms. The molecule has 0 radical (unpaired) electrons. The molecule has 0 bridgehead atoms. The van der Waals surface area contributed by atoms with Crippen molar-refractivity contribution in [1.82, 2.24) is 5.32 Å². The number of ketones is 1. The Bertz CT molecular complexity index is 180. The number of amides is 1. The number of rotatable bonds is 5. The van der Waals surface area contributed by atoms with E-state index in [4.69, 9.17) is 0 Å². The molecular weight excluding hydrogens is 170 g/mol. The van der Waals surface area contributed by atoms with Crippen molar-refractivity contribution in [3.63, 3.8) is 0 Å². The Balaban J connectivity index is 4.08. The van der Waals surface area contributed by atoms with Gasteiger partial charge in [-0.3, -0.25) is 4.79 Å². The van der Waals surface area contributed by atoms with E-state index in [-0.39, 0.29) is 11.8 Å². The lowest BCUT2D eigenvalue weighted by Gasteiger charge is -2.14. The van der Waals surface area contributed by atoms with Gasteiger partial charge in [0.05, 0.1) is 13.2 Å². The van der Waals surface area contributed by atoms with Crippen molar-refractivity contribution in [2.24, 2.45) is 0 Å². The normalized spacial score (nSPS) is 11.9. The van der Waals surface area contributed by atoms with Crippen LogP contribution < -0.4 is 5.32 Å². The Hall–Kier alpha value is -1.06. The second-order valence-corrected chi connectivity index (χ2v) is 2.80. The molecule has 0 aliphatic heterocycles. The predicted molar refractivity (Wildman–Crippen MR) is 49.5 cm³/mol. The lowest BCUT2D eigenvalue weighted by molar-refractivity contribution is -0.120. The van der Waals surface area contributed by atoms with Gasteiger partial charge in [-0.2, -0.15) is 0 Å². The van der Waals surface area contributed by atoms with Crippen LogP contribution in [0.2, 0.25) is 0 Å². The highest BCUT2D eigenvalue weighted by Crippen LogP contribution is 2.01. The maximum atomic E-state index is 11.3. The molecule has 0 aromatic carbocycles. The van der Waals surface area contributed by atoms with Gasteiger partial charge in [-0.25, -0.2) is 4.79 Å². The van der Waals surface area contributed by atoms with E-state index in [2.05, 4.69) is 10.1 Å². The molecule has 4 nitrogen and oxygen atoms in total. The lowest BCUT2D eigenvalue weighted by atomic mass is 10.1. The second kappa shape index (κ2) is 6.46. The van der Waals surface area contributed by atoms with Crippen LogP contribution in [0.25, 0.3) is 0 Å². The average Bonchev–Trinajstić information content (AvgIpc) is 2.15. The van der Waals surface area contributed by atoms with Crippen LogP contribution in [-0.2, 0) is 9.53 Å². The van der Waals surface area contributed by atoms with Gasteiger partial charge in [0.1, 0.15) is 0 Å². The third-order valence-electron chi connectivity index (χ3n) is 1.79. The fraction of sp³-hybridized carbons (Fsp3) is 0.778. The number of alkyl carbamates (subject to hydrolysis) is 1. The first-order chi connectivity index (χ1) is 6.15. The number of methoxy groups -OCH3 is 1. The smallest absolute Gasteiger partial charge is 0.407 e. The molecule has 4 heteroatoms. The molecule has 1 unspecified atom stereocenters. The standard InChI is InChI=1S/C9H17NO3/c1-4-6-7(8(11)5-2)10-9(12)13-3/h7H,4-6H2,1-3H3,(H,10,12). The molecule has 0 saturated heterocycles. The van der Waals surface area contributed by atoms with Crippen LogP contribution in [0.4, 0.5) is 4.79 Å². The molecule has 1 N–H and O–H groups in total. The molecular formula is C9H17NO3. The molecule has 0 aromatic rings. The number of ether oxygens (including phenoxy) is 1. The summed E-state index contributed by atoms with van der Waals surface area (Å²) >= 11 is 0. The monoisotopic (exact) mass is 187 g/mol. The molecule has 76 valence electrons. The van der Waals surface area contributed by atoms with Gasteiger partial charge in [0, 0.05) is 6.42 Å². The number of carbonyl (C=O) groups excluding carboxylic acids is 2. The minimum absolute atomic E-state index is 0.0484. The van der Waals surface area contributed by atoms with E-state index >= 15 is 0 Å². The first-order valence-electron chi connectivity index (χ1n) is 4.52. The summed E-state index contributed by atoms with van der Waals surface area (Å²) in [7, 11) is 1.29. The van der Waals surface area contributed by atoms with Crippen LogP contribution in [0.15, 0.2) is 0 Å². The van der Waals surface area contributed by atoms with E-state index in [1.165, 1.54) is 7.11 Å². The topological polar surface area (TPSA) is 55.4 Å². The van der Waals surface area contributed by atoms with E-state index in [9.17, 15) is 9.59 Å². The zero-order valence-electron chi connectivity index (χ0n) is 8.42. The molecule has 0 saturated carbocycles. The van der Waals surface area contributed by atoms with E-state index < -0.39 is 6.09 Å². The highest BCUT2D eigenvalue weighted by molar-refractivity contribution is 5.87. The molecule has 0 aliphatic rings. The first kappa shape index (κ1) is 11.9. The Kier molecular flexibility index (Phi) is 5.93. The van der Waals surface area contributed by atoms with Gasteiger partial charge in [-0.1, -0.05) is 20.3 Å². The van der Waals surface area contributed by atoms with Gasteiger partial charge in [-0.15, -0.1) is 0 Å². The maximum Gasteiger partial charge on any atom is 0.407 e. The minimum atomic E-state index is -0.541. The summed E-state index contributed by atoms with van der Waals surface area (Å²) in [4.78, 5) is 22.1. The van der Waals surface area contributed by atoms with Crippen molar-refractivity contribution in [3.05, 3.63) is 0 Å². The van der Waals surface area contributed by atoms with Gasteiger partial charge in [0.25, 0.3) is 0 Å². The fourth-order valence-corrected chi connectivity index (χ4v) is 1.05. The Morgan fingerprint density at radius 1 is 1.38 bits per heavy atom. The summed E-state index contributed by atoms with van der Waals surface area (Å²) in [5.74, 6) is 0.0484. The van der Waals surface area contributed by atoms with Gasteiger partial charge in [-0.05, 0) is 6.42 Å². The van der Waals surface area contributed by atoms with Gasteiger partial charge < -0.3 is 10.1 Å². The van der Waals surface area contributed by atoms with Crippen molar-refractivity contribution >= 4 is 11.9 Å². The van der Waals surface area contributed by atoms with Crippen molar-refractivity contribution in [1.29, 1.82) is 0 Å². The predicted octanol–water partition coefficient (Wildman–Crippen LogP) is 1.49. The minimum Gasteiger partial charge on any atom is -0.453 e. The number of hydrogen-bond donors (Lipinski definition) is 1. The number of nitrogens with one attached hydrogen (secondary N) is 1. The van der Waals surface area contributed by atoms with Crippen molar-refractivity contribution < 1.29 is 14.3 Å². The van der Waals surface area contributed by atoms with Crippen molar-refractivity contribution in [3.8, 4) is 0 Å². The first-order valence-corrected chi connectivity index (χ1v) is 4.52. The van der Waals surface area contributed by atoms with Crippen LogP contribution >= 0.6 is 0 Å². The molecule has 0 heterocycles. The van der Waals surface area contributed by atoms with Crippen LogP contribution in [0, 0.1) is 0 Å². The van der Waals surface area contributed by atoms with Crippen molar-refractivity contribution in [2.45, 2.75) is 39.2 Å². The van der Waals surface area contributed by atoms with E-state index in [0.29, 0.717) is 12.8 Å². The maximum absolute atomic E-state index is 11.3. The summed E-state index contributed by atoms with van der Waals surface area (Å²) in [5.41, 5.74) is 0. The Morgan fingerprint density at radius 3 is 2.38 bits per heavy atom. The highest BCUT2D eigenvalue weighted by Gasteiger charge is 2.17. The Morgan fingerprint density at radius 2 is 2.00 bits per heavy atom. The molecule has 1 amide bonds. The summed E-state index contributed by atoms with van der Waals surface area (Å²) < 4.78 is 4.42. The number of hydrogen-bond acceptors (Lipinski definition) is 3. The van der Waals surface area contributed by atoms with Crippen molar-refractivity contribution in [2.75, 3.05) is 7.11 Å². The molecule has 0 aromatic heterocycles. The quantitative estimate of drug-likeness (QED) is 0.709. The zero-order chi connectivity index (χ0) is 10.3. The molecule has 0 aliphatic carbocycles. The van der Waals surface area contributed by atoms with Crippen LogP contribution in [-0.4, -0.2) is 25.0 Å². The largest absolute Gasteiger partial charge is 0.453 e. The highest BCUT2D eigenvalue weighted by atomic mass is 16.5. The van der Waals surface area contributed by atoms with Gasteiger partial charge >= 0.3 is 6.09 Å². The Labute approximate surface area is 78.6 Å². The third kappa shape index (κ3) is 4.50. The van der Waals surface area contributed by atoms with Gasteiger partial charge in [0.2, 0.25) is 0 Å². The summed E-state index contributed by atoms with van der Waals surface area (Å²) in [6, 6.07) is -0.387. The zero-order valence-corrected chi connectivity index (χ0v) is 8.42. The van der Waals surface area contributed by atoms with E-state index in [1.54, 1.807) is 6.92 Å². The number of Topliss-reactive ketones (excluding diaryl/α,β-unsaturated/α-hetero) is 1. The number of carbonyl (C=O) groups is 2. The molecule has 0 fully saturated rings. The third-order valence-corrected chi connectivity index (χ3v) is 1.79. The average molecular weight is 187 g/mol. The second-order valence-electron chi connectivity index (χ2n) is 2.80. The van der Waals surface area contributed by atoms with E-state index in [1.807, 2.05) is 6.92 Å². The summed E-state index contributed by atoms with van der Waals surface area (Å²) in [5, 5.41) is 2.51. The molecule has 13 heavy (non-hydrogen) atoms. The van der Waals surface area contributed by atoms with E-state index in [0.717, 1.165) is 6.42 Å². The molecule has 0 rings (SSSR count). The lowest BCUT2D eigenvalue weighted by Crippen LogP contribution is -2.40. The van der Waals surface area contributed by atoms with Crippen LogP contribution in [0.1, 0.15) is 33.1 Å². The van der Waals surface area contributed by atoms with Crippen LogP contribution in [0.5, 0.6) is 0 Å².